The van der Waals surface area contributed by atoms with Gasteiger partial charge < -0.3 is 38.1 Å². The Labute approximate surface area is 233 Å². The molecule has 0 amide bonds. The molecule has 1 atom stereocenters. The Bertz CT molecular complexity index is 674. The van der Waals surface area contributed by atoms with E-state index in [2.05, 4.69) is 0 Å². The Morgan fingerprint density at radius 3 is 1.38 bits per heavy atom. The van der Waals surface area contributed by atoms with Gasteiger partial charge in [-0.3, -0.25) is 0 Å². The van der Waals surface area contributed by atoms with Crippen molar-refractivity contribution in [1.82, 2.24) is 0 Å². The Morgan fingerprint density at radius 1 is 0.853 bits per heavy atom. The molecule has 1 rings (SSSR count). The van der Waals surface area contributed by atoms with Crippen LogP contribution < -0.4 is 45.5 Å². The van der Waals surface area contributed by atoms with Gasteiger partial charge in [0.05, 0.1) is 37.2 Å². The van der Waals surface area contributed by atoms with Gasteiger partial charge in [0.2, 0.25) is 5.60 Å². The standard InChI is InChI=1S/C20H32F3O4P.C3H7.ClH.Li.Ni/c1-17(2,3)28(18(4,5)6)12-19(24,20(21,22)23)16-14(26-8)10-13(25-7)11-15(16)27-9;1-3-2;;;/h10-11,24H,12H2,1-9H3;3H,1-2H3;1H;;/q;-1;;+1;. The minimum atomic E-state index is -4.92. The first kappa shape index (κ1) is 41.3. The molecule has 0 aliphatic carbocycles. The van der Waals surface area contributed by atoms with Gasteiger partial charge in [0, 0.05) is 36.5 Å². The fourth-order valence-corrected chi connectivity index (χ4v) is 7.85. The summed E-state index contributed by atoms with van der Waals surface area (Å²) < 4.78 is 58.7. The maximum absolute atomic E-state index is 14.4. The van der Waals surface area contributed by atoms with Crippen molar-refractivity contribution < 1.29 is 80.2 Å². The van der Waals surface area contributed by atoms with Crippen molar-refractivity contribution in [1.29, 1.82) is 0 Å². The molecule has 0 spiro atoms. The number of halogens is 4. The van der Waals surface area contributed by atoms with Crippen molar-refractivity contribution in [3.63, 3.8) is 0 Å². The van der Waals surface area contributed by atoms with Gasteiger partial charge in [0.1, 0.15) is 23.4 Å². The summed E-state index contributed by atoms with van der Waals surface area (Å²) >= 11 is 0. The number of rotatable bonds is 6. The maximum atomic E-state index is 14.4. The molecular weight excluding hydrogens is 529 g/mol. The van der Waals surface area contributed by atoms with E-state index in [1.54, 1.807) is 0 Å². The number of aliphatic hydroxyl groups is 1. The van der Waals surface area contributed by atoms with E-state index in [1.165, 1.54) is 33.5 Å². The second-order valence-corrected chi connectivity index (χ2v) is 13.8. The van der Waals surface area contributed by atoms with Gasteiger partial charge >= 0.3 is 25.0 Å². The SMILES string of the molecule is COc1cc(OC)c(C(O)(C[PH+](C(C)(C)C)C(C)(C)C)C(F)(F)F)c(OC)c1.C[CH-]C.[Cl-].[Li+].[Ni]. The predicted molar refractivity (Wildman–Crippen MR) is 124 cm³/mol. The Morgan fingerprint density at radius 2 is 1.18 bits per heavy atom. The van der Waals surface area contributed by atoms with Gasteiger partial charge in [-0.25, -0.2) is 0 Å². The van der Waals surface area contributed by atoms with Crippen LogP contribution in [-0.4, -0.2) is 49.1 Å². The fourth-order valence-electron chi connectivity index (χ4n) is 3.65. The Kier molecular flexibility index (Phi) is 19.6. The van der Waals surface area contributed by atoms with Gasteiger partial charge in [-0.05, 0) is 41.5 Å². The zero-order chi connectivity index (χ0) is 24.8. The number of methoxy groups -OCH3 is 3. The summed E-state index contributed by atoms with van der Waals surface area (Å²) in [4.78, 5) is 0. The van der Waals surface area contributed by atoms with E-state index in [-0.39, 0.29) is 75.3 Å². The summed E-state index contributed by atoms with van der Waals surface area (Å²) in [5, 5.41) is 10.4. The second kappa shape index (κ2) is 16.1. The van der Waals surface area contributed by atoms with Crippen molar-refractivity contribution >= 4 is 7.92 Å². The first-order chi connectivity index (χ1) is 13.9. The molecule has 0 saturated carbocycles. The normalized spacial score (nSPS) is 13.2. The zero-order valence-corrected chi connectivity index (χ0v) is 25.2. The molecule has 34 heavy (non-hydrogen) atoms. The average Bonchev–Trinajstić information content (AvgIpc) is 2.62. The van der Waals surface area contributed by atoms with Crippen molar-refractivity contribution in [2.45, 2.75) is 77.5 Å². The van der Waals surface area contributed by atoms with E-state index in [9.17, 15) is 18.3 Å². The van der Waals surface area contributed by atoms with Crippen LogP contribution in [-0.2, 0) is 22.1 Å². The summed E-state index contributed by atoms with van der Waals surface area (Å²) in [6.07, 6.45) is -3.36. The molecule has 0 saturated heterocycles. The van der Waals surface area contributed by atoms with E-state index in [4.69, 9.17) is 14.2 Å². The molecule has 11 heteroatoms. The molecule has 1 aromatic carbocycles. The third-order valence-corrected chi connectivity index (χ3v) is 9.33. The predicted octanol–water partition coefficient (Wildman–Crippen LogP) is 0.509. The van der Waals surface area contributed by atoms with Crippen LogP contribution >= 0.6 is 7.92 Å². The maximum Gasteiger partial charge on any atom is 1.00 e. The number of hydrogen-bond donors (Lipinski definition) is 1. The first-order valence-corrected chi connectivity index (χ1v) is 11.9. The number of alkyl halides is 3. The molecule has 0 fully saturated rings. The average molecular weight is 570 g/mol. The number of benzene rings is 1. The van der Waals surface area contributed by atoms with Crippen LogP contribution in [0.3, 0.4) is 0 Å². The monoisotopic (exact) mass is 568 g/mol. The van der Waals surface area contributed by atoms with Gasteiger partial charge in [-0.15, -0.1) is 0 Å². The molecule has 1 N–H and O–H groups in total. The Balaban J connectivity index is -0.000000710. The van der Waals surface area contributed by atoms with Crippen LogP contribution in [0, 0.1) is 6.42 Å². The minimum Gasteiger partial charge on any atom is -1.00 e. The van der Waals surface area contributed by atoms with E-state index in [0.717, 1.165) is 0 Å². The van der Waals surface area contributed by atoms with Gasteiger partial charge in [-0.1, -0.05) is 0 Å². The second-order valence-electron chi connectivity index (χ2n) is 9.50. The molecule has 0 bridgehead atoms. The number of ether oxygens (including phenoxy) is 3. The molecule has 0 aliphatic rings. The third-order valence-electron chi connectivity index (χ3n) is 4.84. The van der Waals surface area contributed by atoms with Crippen molar-refractivity contribution in [2.24, 2.45) is 0 Å². The molecule has 200 valence electrons. The van der Waals surface area contributed by atoms with Crippen LogP contribution in [0.2, 0.25) is 0 Å². The van der Waals surface area contributed by atoms with Crippen LogP contribution in [0.5, 0.6) is 17.2 Å². The summed E-state index contributed by atoms with van der Waals surface area (Å²) in [5.41, 5.74) is -3.54. The molecule has 1 unspecified atom stereocenters. The Hall–Kier alpha value is 0.181. The topological polar surface area (TPSA) is 47.9 Å². The quantitative estimate of drug-likeness (QED) is 0.308. The van der Waals surface area contributed by atoms with E-state index < -0.39 is 31.4 Å². The molecule has 0 aromatic heterocycles. The van der Waals surface area contributed by atoms with E-state index in [1.807, 2.05) is 61.8 Å². The molecule has 1 aromatic rings. The first-order valence-electron chi connectivity index (χ1n) is 10.1. The zero-order valence-electron chi connectivity index (χ0n) is 22.4. The van der Waals surface area contributed by atoms with Gasteiger partial charge in [0.15, 0.2) is 0 Å². The summed E-state index contributed by atoms with van der Waals surface area (Å²) in [6, 6.07) is 2.66. The van der Waals surface area contributed by atoms with Crippen LogP contribution in [0.15, 0.2) is 12.1 Å². The van der Waals surface area contributed by atoms with Gasteiger partial charge in [0.25, 0.3) is 0 Å². The fraction of sp³-hybridized carbons (Fsp3) is 0.696. The summed E-state index contributed by atoms with van der Waals surface area (Å²) in [6.45, 7) is 15.5. The van der Waals surface area contributed by atoms with Crippen LogP contribution in [0.1, 0.15) is 61.0 Å². The largest absolute Gasteiger partial charge is 1.00 e. The van der Waals surface area contributed by atoms with Gasteiger partial charge in [-0.2, -0.15) is 27.0 Å². The number of hydrogen-bond acceptors (Lipinski definition) is 4. The van der Waals surface area contributed by atoms with Crippen LogP contribution in [0.4, 0.5) is 13.2 Å². The minimum absolute atomic E-state index is 0. The van der Waals surface area contributed by atoms with Crippen molar-refractivity contribution in [3.05, 3.63) is 24.1 Å². The van der Waals surface area contributed by atoms with Crippen molar-refractivity contribution in [3.8, 4) is 17.2 Å². The van der Waals surface area contributed by atoms with E-state index >= 15 is 0 Å². The molecule has 0 aliphatic heterocycles. The van der Waals surface area contributed by atoms with Crippen molar-refractivity contribution in [2.75, 3.05) is 27.5 Å². The molecule has 4 nitrogen and oxygen atoms in total. The third kappa shape index (κ3) is 10.7. The smallest absolute Gasteiger partial charge is 1.00 e. The van der Waals surface area contributed by atoms with Crippen LogP contribution in [0.25, 0.3) is 0 Å². The molecule has 0 heterocycles. The molecule has 0 radical (unpaired) electrons. The summed E-state index contributed by atoms with van der Waals surface area (Å²) in [7, 11) is 2.17. The summed E-state index contributed by atoms with van der Waals surface area (Å²) in [5.74, 6) is 0.0273. The van der Waals surface area contributed by atoms with E-state index in [0.29, 0.717) is 0 Å². The molecular formula is C23H40ClF3LiNiO4P.